The Hall–Kier alpha value is -2.86. The van der Waals surface area contributed by atoms with Crippen LogP contribution in [0.1, 0.15) is 30.9 Å². The Morgan fingerprint density at radius 3 is 2.43 bits per heavy atom. The predicted octanol–water partition coefficient (Wildman–Crippen LogP) is 4.57. The fourth-order valence-corrected chi connectivity index (χ4v) is 2.20. The maximum atomic E-state index is 12.2. The number of hydrogen-bond acceptors (Lipinski definition) is 2. The first-order chi connectivity index (χ1) is 11.2. The zero-order valence-electron chi connectivity index (χ0n) is 13.3. The van der Waals surface area contributed by atoms with Gasteiger partial charge >= 0.3 is 0 Å². The number of unbranched alkanes of at least 4 members (excludes halogenated alkanes) is 1. The molecule has 0 atom stereocenters. The molecular weight excluding hydrogens is 284 g/mol. The molecule has 0 unspecified atom stereocenters. The van der Waals surface area contributed by atoms with Crippen LogP contribution in [-0.4, -0.2) is 5.91 Å². The quantitative estimate of drug-likeness (QED) is 0.627. The second-order valence-electron chi connectivity index (χ2n) is 5.34. The minimum absolute atomic E-state index is 0.0891. The first-order valence-electron chi connectivity index (χ1n) is 7.80. The summed E-state index contributed by atoms with van der Waals surface area (Å²) in [6.45, 7) is 2.16. The predicted molar refractivity (Wildman–Crippen MR) is 93.7 cm³/mol. The second kappa shape index (κ2) is 8.55. The van der Waals surface area contributed by atoms with Crippen LogP contribution in [0.15, 0.2) is 60.2 Å². The number of benzene rings is 2. The van der Waals surface area contributed by atoms with Gasteiger partial charge < -0.3 is 5.32 Å². The van der Waals surface area contributed by atoms with Gasteiger partial charge in [-0.1, -0.05) is 55.8 Å². The molecule has 1 N–H and O–H groups in total. The third-order valence-electron chi connectivity index (χ3n) is 3.51. The Balaban J connectivity index is 2.05. The van der Waals surface area contributed by atoms with Crippen LogP contribution in [0.5, 0.6) is 0 Å². The standard InChI is InChI=1S/C20H20N2O/c1-2-3-7-16-10-12-19(13-11-16)22-20(23)18(15-21)14-17-8-5-4-6-9-17/h4-6,8-14H,2-3,7H2,1H3,(H,22,23). The Morgan fingerprint density at radius 2 is 1.83 bits per heavy atom. The number of carbonyl (C=O) groups excluding carboxylic acids is 1. The summed E-state index contributed by atoms with van der Waals surface area (Å²) in [5.41, 5.74) is 2.87. The normalized spacial score (nSPS) is 10.9. The van der Waals surface area contributed by atoms with E-state index in [0.717, 1.165) is 24.8 Å². The van der Waals surface area contributed by atoms with Gasteiger partial charge in [0, 0.05) is 5.69 Å². The van der Waals surface area contributed by atoms with Crippen LogP contribution >= 0.6 is 0 Å². The molecule has 3 nitrogen and oxygen atoms in total. The number of nitrogens with one attached hydrogen (secondary N) is 1. The highest BCUT2D eigenvalue weighted by atomic mass is 16.1. The third kappa shape index (κ3) is 5.12. The van der Waals surface area contributed by atoms with Gasteiger partial charge in [-0.25, -0.2) is 0 Å². The van der Waals surface area contributed by atoms with Gasteiger partial charge in [0.15, 0.2) is 0 Å². The van der Waals surface area contributed by atoms with Crippen LogP contribution in [0.4, 0.5) is 5.69 Å². The van der Waals surface area contributed by atoms with E-state index in [2.05, 4.69) is 12.2 Å². The van der Waals surface area contributed by atoms with Crippen molar-refractivity contribution in [1.82, 2.24) is 0 Å². The Bertz CT molecular complexity index is 710. The lowest BCUT2D eigenvalue weighted by atomic mass is 10.1. The summed E-state index contributed by atoms with van der Waals surface area (Å²) in [7, 11) is 0. The van der Waals surface area contributed by atoms with Crippen molar-refractivity contribution in [3.8, 4) is 6.07 Å². The van der Waals surface area contributed by atoms with Crippen LogP contribution in [0.25, 0.3) is 6.08 Å². The Kier molecular flexibility index (Phi) is 6.14. The van der Waals surface area contributed by atoms with Crippen molar-refractivity contribution in [3.05, 3.63) is 71.3 Å². The van der Waals surface area contributed by atoms with Gasteiger partial charge in [-0.2, -0.15) is 5.26 Å². The molecule has 2 aromatic carbocycles. The minimum Gasteiger partial charge on any atom is -0.321 e. The van der Waals surface area contributed by atoms with Crippen molar-refractivity contribution in [2.24, 2.45) is 0 Å². The molecule has 0 fully saturated rings. The molecule has 23 heavy (non-hydrogen) atoms. The molecule has 0 aliphatic carbocycles. The highest BCUT2D eigenvalue weighted by Gasteiger charge is 2.09. The van der Waals surface area contributed by atoms with Crippen molar-refractivity contribution in [3.63, 3.8) is 0 Å². The fraction of sp³-hybridized carbons (Fsp3) is 0.200. The summed E-state index contributed by atoms with van der Waals surface area (Å²) in [6, 6.07) is 19.1. The maximum Gasteiger partial charge on any atom is 0.266 e. The first-order valence-corrected chi connectivity index (χ1v) is 7.80. The number of amides is 1. The highest BCUT2D eigenvalue weighted by Crippen LogP contribution is 2.14. The molecule has 0 bridgehead atoms. The average Bonchev–Trinajstić information content (AvgIpc) is 2.60. The minimum atomic E-state index is -0.391. The molecular formula is C20H20N2O. The SMILES string of the molecule is CCCCc1ccc(NC(=O)C(C#N)=Cc2ccccc2)cc1. The number of nitriles is 1. The van der Waals surface area contributed by atoms with Crippen molar-refractivity contribution in [2.45, 2.75) is 26.2 Å². The molecule has 0 aromatic heterocycles. The van der Waals surface area contributed by atoms with E-state index in [0.29, 0.717) is 5.69 Å². The molecule has 0 aliphatic heterocycles. The monoisotopic (exact) mass is 304 g/mol. The van der Waals surface area contributed by atoms with E-state index in [9.17, 15) is 10.1 Å². The number of hydrogen-bond donors (Lipinski definition) is 1. The van der Waals surface area contributed by atoms with Crippen LogP contribution in [0.2, 0.25) is 0 Å². The molecule has 0 aliphatic rings. The van der Waals surface area contributed by atoms with Gasteiger partial charge in [0.1, 0.15) is 11.6 Å². The Labute approximate surface area is 137 Å². The summed E-state index contributed by atoms with van der Waals surface area (Å²) < 4.78 is 0. The van der Waals surface area contributed by atoms with Crippen LogP contribution < -0.4 is 5.32 Å². The Morgan fingerprint density at radius 1 is 1.13 bits per heavy atom. The van der Waals surface area contributed by atoms with Crippen LogP contribution in [-0.2, 0) is 11.2 Å². The zero-order chi connectivity index (χ0) is 16.5. The molecule has 0 saturated heterocycles. The zero-order valence-corrected chi connectivity index (χ0v) is 13.3. The van der Waals surface area contributed by atoms with E-state index in [1.54, 1.807) is 6.08 Å². The van der Waals surface area contributed by atoms with Gasteiger partial charge in [0.2, 0.25) is 0 Å². The molecule has 3 heteroatoms. The summed E-state index contributed by atoms with van der Waals surface area (Å²) in [5, 5.41) is 12.0. The first kappa shape index (κ1) is 16.5. The van der Waals surface area contributed by atoms with E-state index in [4.69, 9.17) is 0 Å². The molecule has 116 valence electrons. The highest BCUT2D eigenvalue weighted by molar-refractivity contribution is 6.09. The number of aryl methyl sites for hydroxylation is 1. The smallest absolute Gasteiger partial charge is 0.266 e. The molecule has 2 rings (SSSR count). The van der Waals surface area contributed by atoms with Crippen molar-refractivity contribution in [1.29, 1.82) is 5.26 Å². The van der Waals surface area contributed by atoms with E-state index >= 15 is 0 Å². The van der Waals surface area contributed by atoms with Gasteiger partial charge in [-0.05, 0) is 42.2 Å². The van der Waals surface area contributed by atoms with Crippen molar-refractivity contribution < 1.29 is 4.79 Å². The summed E-state index contributed by atoms with van der Waals surface area (Å²) in [4.78, 5) is 12.2. The molecule has 0 heterocycles. The van der Waals surface area contributed by atoms with E-state index in [1.165, 1.54) is 5.56 Å². The largest absolute Gasteiger partial charge is 0.321 e. The summed E-state index contributed by atoms with van der Waals surface area (Å²) in [5.74, 6) is -0.391. The second-order valence-corrected chi connectivity index (χ2v) is 5.34. The summed E-state index contributed by atoms with van der Waals surface area (Å²) >= 11 is 0. The van der Waals surface area contributed by atoms with Gasteiger partial charge in [0.25, 0.3) is 5.91 Å². The third-order valence-corrected chi connectivity index (χ3v) is 3.51. The van der Waals surface area contributed by atoms with Crippen molar-refractivity contribution >= 4 is 17.7 Å². The molecule has 0 spiro atoms. The topological polar surface area (TPSA) is 52.9 Å². The molecule has 2 aromatic rings. The number of carbonyl (C=O) groups is 1. The summed E-state index contributed by atoms with van der Waals surface area (Å²) in [6.07, 6.45) is 4.95. The van der Waals surface area contributed by atoms with Crippen molar-refractivity contribution in [2.75, 3.05) is 5.32 Å². The van der Waals surface area contributed by atoms with E-state index in [1.807, 2.05) is 60.7 Å². The lowest BCUT2D eigenvalue weighted by Gasteiger charge is -2.06. The molecule has 0 saturated carbocycles. The number of rotatable bonds is 6. The maximum absolute atomic E-state index is 12.2. The van der Waals surface area contributed by atoms with E-state index in [-0.39, 0.29) is 5.57 Å². The molecule has 1 amide bonds. The van der Waals surface area contributed by atoms with E-state index < -0.39 is 5.91 Å². The van der Waals surface area contributed by atoms with Gasteiger partial charge in [-0.3, -0.25) is 4.79 Å². The van der Waals surface area contributed by atoms with Crippen LogP contribution in [0, 0.1) is 11.3 Å². The van der Waals surface area contributed by atoms with Gasteiger partial charge in [-0.15, -0.1) is 0 Å². The number of nitrogens with zero attached hydrogens (tertiary/aromatic N) is 1. The lowest BCUT2D eigenvalue weighted by Crippen LogP contribution is -2.13. The average molecular weight is 304 g/mol. The lowest BCUT2D eigenvalue weighted by molar-refractivity contribution is -0.112. The van der Waals surface area contributed by atoms with Crippen LogP contribution in [0.3, 0.4) is 0 Å². The molecule has 0 radical (unpaired) electrons. The van der Waals surface area contributed by atoms with Gasteiger partial charge in [0.05, 0.1) is 0 Å². The fourth-order valence-electron chi connectivity index (χ4n) is 2.20. The number of anilines is 1.